The lowest BCUT2D eigenvalue weighted by molar-refractivity contribution is 0.192. The van der Waals surface area contributed by atoms with Gasteiger partial charge in [-0.05, 0) is 13.8 Å². The number of hydrogen-bond acceptors (Lipinski definition) is 4. The normalized spacial score (nSPS) is 12.9. The Morgan fingerprint density at radius 2 is 2.17 bits per heavy atom. The Bertz CT molecular complexity index is 222. The molecule has 0 amide bonds. The summed E-state index contributed by atoms with van der Waals surface area (Å²) in [5.41, 5.74) is 1.71. The van der Waals surface area contributed by atoms with Gasteiger partial charge in [-0.2, -0.15) is 8.42 Å². The summed E-state index contributed by atoms with van der Waals surface area (Å²) in [6.07, 6.45) is -0.154. The first-order valence-corrected chi connectivity index (χ1v) is 6.81. The van der Waals surface area contributed by atoms with Crippen molar-refractivity contribution in [1.82, 2.24) is 0 Å². The molecule has 0 aromatic rings. The van der Waals surface area contributed by atoms with Crippen LogP contribution in [0.1, 0.15) is 13.8 Å². The van der Waals surface area contributed by atoms with E-state index in [4.69, 9.17) is 0 Å². The topological polar surface area (TPSA) is 52.6 Å². The van der Waals surface area contributed by atoms with Gasteiger partial charge in [0, 0.05) is 0 Å². The van der Waals surface area contributed by atoms with Crippen molar-refractivity contribution in [2.24, 2.45) is 0 Å². The largest absolute Gasteiger partial charge is 0.399 e. The molecule has 0 aromatic heterocycles. The highest BCUT2D eigenvalue weighted by Gasteiger charge is 2.12. The summed E-state index contributed by atoms with van der Waals surface area (Å²) in [5.74, 6) is 0. The van der Waals surface area contributed by atoms with E-state index in [9.17, 15) is 8.42 Å². The van der Waals surface area contributed by atoms with E-state index in [2.05, 4.69) is 14.9 Å². The maximum atomic E-state index is 10.9. The van der Waals surface area contributed by atoms with Gasteiger partial charge in [-0.25, -0.2) is 4.18 Å². The first-order valence-electron chi connectivity index (χ1n) is 3.66. The van der Waals surface area contributed by atoms with Gasteiger partial charge in [0.05, 0.1) is 21.9 Å². The molecular formula is C6H14O4SSi. The third-order valence-electron chi connectivity index (χ3n) is 0.860. The molecule has 0 saturated carbocycles. The summed E-state index contributed by atoms with van der Waals surface area (Å²) in [6.45, 7) is 6.75. The van der Waals surface area contributed by atoms with Crippen molar-refractivity contribution < 1.29 is 16.8 Å². The Morgan fingerprint density at radius 1 is 1.58 bits per heavy atom. The first-order chi connectivity index (χ1) is 5.48. The molecule has 0 N–H and O–H groups in total. The predicted octanol–water partition coefficient (Wildman–Crippen LogP) is -0.0574. The molecule has 0 rings (SSSR count). The molecule has 0 unspecified atom stereocenters. The van der Waals surface area contributed by atoms with Crippen molar-refractivity contribution in [2.45, 2.75) is 20.0 Å². The Labute approximate surface area is 75.7 Å². The van der Waals surface area contributed by atoms with Crippen molar-refractivity contribution in [3.05, 3.63) is 12.3 Å². The van der Waals surface area contributed by atoms with Gasteiger partial charge in [0.15, 0.2) is 0 Å². The lowest BCUT2D eigenvalue weighted by Crippen LogP contribution is -2.17. The summed E-state index contributed by atoms with van der Waals surface area (Å²) in [6, 6.07) is 0. The van der Waals surface area contributed by atoms with Crippen LogP contribution >= 0.6 is 0 Å². The zero-order valence-corrected chi connectivity index (χ0v) is 9.55. The molecule has 4 nitrogen and oxygen atoms in total. The van der Waals surface area contributed by atoms with Gasteiger partial charge in [-0.3, -0.25) is 4.18 Å². The van der Waals surface area contributed by atoms with Crippen molar-refractivity contribution in [1.29, 1.82) is 0 Å². The SMILES string of the molecule is C=C[SiH2]COS(=O)(=O)OC(C)C. The fraction of sp³-hybridized carbons (Fsp3) is 0.667. The van der Waals surface area contributed by atoms with E-state index >= 15 is 0 Å². The van der Waals surface area contributed by atoms with Crippen LogP contribution in [0.4, 0.5) is 0 Å². The number of hydrogen-bond donors (Lipinski definition) is 0. The van der Waals surface area contributed by atoms with Crippen molar-refractivity contribution in [3.8, 4) is 0 Å². The average molecular weight is 210 g/mol. The highest BCUT2D eigenvalue weighted by Crippen LogP contribution is 1.99. The molecule has 0 radical (unpaired) electrons. The summed E-state index contributed by atoms with van der Waals surface area (Å²) < 4.78 is 30.8. The van der Waals surface area contributed by atoms with Gasteiger partial charge >= 0.3 is 10.4 Å². The van der Waals surface area contributed by atoms with E-state index in [0.29, 0.717) is 0 Å². The molecule has 0 aliphatic carbocycles. The Morgan fingerprint density at radius 3 is 2.58 bits per heavy atom. The number of rotatable bonds is 6. The van der Waals surface area contributed by atoms with Gasteiger partial charge in [0.25, 0.3) is 0 Å². The second kappa shape index (κ2) is 5.47. The van der Waals surface area contributed by atoms with E-state index < -0.39 is 19.9 Å². The molecule has 0 saturated heterocycles. The van der Waals surface area contributed by atoms with Crippen LogP contribution in [-0.4, -0.2) is 30.3 Å². The summed E-state index contributed by atoms with van der Waals surface area (Å²) in [4.78, 5) is 0. The van der Waals surface area contributed by atoms with Crippen LogP contribution in [0.25, 0.3) is 0 Å². The van der Waals surface area contributed by atoms with Gasteiger partial charge in [0.2, 0.25) is 0 Å². The van der Waals surface area contributed by atoms with Crippen LogP contribution < -0.4 is 0 Å². The summed E-state index contributed by atoms with van der Waals surface area (Å²) in [5, 5.41) is 0. The van der Waals surface area contributed by atoms with Crippen LogP contribution in [0.5, 0.6) is 0 Å². The molecule has 0 spiro atoms. The van der Waals surface area contributed by atoms with Crippen LogP contribution in [0.2, 0.25) is 0 Å². The monoisotopic (exact) mass is 210 g/mol. The quantitative estimate of drug-likeness (QED) is 0.455. The molecule has 12 heavy (non-hydrogen) atoms. The van der Waals surface area contributed by atoms with E-state index in [1.54, 1.807) is 19.5 Å². The molecule has 0 bridgehead atoms. The highest BCUT2D eigenvalue weighted by atomic mass is 32.3. The second-order valence-electron chi connectivity index (χ2n) is 2.45. The molecule has 0 aromatic carbocycles. The fourth-order valence-electron chi connectivity index (χ4n) is 0.497. The van der Waals surface area contributed by atoms with E-state index in [1.165, 1.54) is 0 Å². The minimum absolute atomic E-state index is 0.221. The molecule has 0 aliphatic rings. The van der Waals surface area contributed by atoms with E-state index in [0.717, 1.165) is 0 Å². The minimum Gasteiger partial charge on any atom is -0.252 e. The lowest BCUT2D eigenvalue weighted by Gasteiger charge is -2.06. The zero-order chi connectivity index (χ0) is 9.61. The van der Waals surface area contributed by atoms with Gasteiger partial charge in [0.1, 0.15) is 0 Å². The maximum Gasteiger partial charge on any atom is 0.399 e. The smallest absolute Gasteiger partial charge is 0.252 e. The molecule has 0 fully saturated rings. The molecule has 0 aliphatic heterocycles. The van der Waals surface area contributed by atoms with E-state index in [-0.39, 0.29) is 12.3 Å². The molecule has 0 heterocycles. The van der Waals surface area contributed by atoms with Gasteiger partial charge in [-0.1, -0.05) is 0 Å². The van der Waals surface area contributed by atoms with Gasteiger partial charge in [-0.15, -0.1) is 12.3 Å². The summed E-state index contributed by atoms with van der Waals surface area (Å²) in [7, 11) is -4.38. The maximum absolute atomic E-state index is 10.9. The molecule has 6 heteroatoms. The lowest BCUT2D eigenvalue weighted by atomic mass is 10.5. The van der Waals surface area contributed by atoms with Crippen molar-refractivity contribution in [2.75, 3.05) is 6.23 Å². The fourth-order valence-corrected chi connectivity index (χ4v) is 2.39. The Kier molecular flexibility index (Phi) is 5.39. The molecule has 0 atom stereocenters. The molecule has 72 valence electrons. The third kappa shape index (κ3) is 6.53. The third-order valence-corrected chi connectivity index (χ3v) is 3.08. The minimum atomic E-state index is -3.77. The second-order valence-corrected chi connectivity index (χ2v) is 5.26. The van der Waals surface area contributed by atoms with Crippen LogP contribution in [-0.2, 0) is 18.8 Å². The van der Waals surface area contributed by atoms with Crippen molar-refractivity contribution in [3.63, 3.8) is 0 Å². The Balaban J connectivity index is 3.80. The highest BCUT2D eigenvalue weighted by molar-refractivity contribution is 7.81. The van der Waals surface area contributed by atoms with E-state index in [1.807, 2.05) is 0 Å². The molecular weight excluding hydrogens is 196 g/mol. The van der Waals surface area contributed by atoms with Crippen LogP contribution in [0.3, 0.4) is 0 Å². The predicted molar refractivity (Wildman–Crippen MR) is 49.8 cm³/mol. The standard InChI is InChI=1S/C6H14O4SSi/c1-4-12-5-9-11(7,8)10-6(2)3/h4,6H,1,5,12H2,2-3H3. The summed E-state index contributed by atoms with van der Waals surface area (Å²) >= 11 is 0. The zero-order valence-electron chi connectivity index (χ0n) is 7.32. The first kappa shape index (κ1) is 11.8. The van der Waals surface area contributed by atoms with Crippen LogP contribution in [0.15, 0.2) is 12.3 Å². The van der Waals surface area contributed by atoms with Gasteiger partial charge < -0.3 is 0 Å². The average Bonchev–Trinajstić information content (AvgIpc) is 1.84. The Hall–Kier alpha value is -0.173. The van der Waals surface area contributed by atoms with Crippen molar-refractivity contribution >= 4 is 19.9 Å². The van der Waals surface area contributed by atoms with Crippen LogP contribution in [0, 0.1) is 0 Å².